The summed E-state index contributed by atoms with van der Waals surface area (Å²) in [7, 11) is 0. The lowest BCUT2D eigenvalue weighted by Crippen LogP contribution is -2.48. The van der Waals surface area contributed by atoms with Gasteiger partial charge >= 0.3 is 0 Å². The number of carbonyl (C=O) groups is 1. The smallest absolute Gasteiger partial charge is 0.254 e. The maximum Gasteiger partial charge on any atom is 0.254 e. The Labute approximate surface area is 199 Å². The van der Waals surface area contributed by atoms with Crippen LogP contribution in [0.1, 0.15) is 10.4 Å². The van der Waals surface area contributed by atoms with Crippen LogP contribution in [0.2, 0.25) is 0 Å². The molecule has 0 aromatic heterocycles. The first kappa shape index (κ1) is 22.5. The standard InChI is InChI=1S/C26H27N3OS2/c27-21(19-31)17-28-14-15-29(18-22(28)13-16-32-23-9-2-1-3-10-23)26(30)25-12-6-8-20-7-4-5-11-24(20)25/h1-13,27,31H,14-19H2/b22-13+,27-21?. The van der Waals surface area contributed by atoms with Crippen molar-refractivity contribution in [3.05, 3.63) is 90.1 Å². The average Bonchev–Trinajstić information content (AvgIpc) is 2.84. The lowest BCUT2D eigenvalue weighted by molar-refractivity contribution is 0.0709. The fourth-order valence-corrected chi connectivity index (χ4v) is 4.84. The van der Waals surface area contributed by atoms with Gasteiger partial charge in [-0.15, -0.1) is 11.8 Å². The van der Waals surface area contributed by atoms with E-state index in [0.29, 0.717) is 37.6 Å². The topological polar surface area (TPSA) is 47.4 Å². The number of nitrogens with one attached hydrogen (secondary N) is 1. The molecule has 3 aromatic carbocycles. The fourth-order valence-electron chi connectivity index (χ4n) is 3.92. The van der Waals surface area contributed by atoms with E-state index >= 15 is 0 Å². The largest absolute Gasteiger partial charge is 0.366 e. The van der Waals surface area contributed by atoms with Crippen molar-refractivity contribution < 1.29 is 4.79 Å². The summed E-state index contributed by atoms with van der Waals surface area (Å²) in [6.07, 6.45) is 2.20. The molecule has 0 atom stereocenters. The van der Waals surface area contributed by atoms with E-state index in [1.165, 1.54) is 4.90 Å². The SMILES string of the molecule is N=C(CS)CN1CCN(C(=O)c2cccc3ccccc23)C/C1=C\CSc1ccccc1. The lowest BCUT2D eigenvalue weighted by Gasteiger charge is -2.38. The van der Waals surface area contributed by atoms with Crippen LogP contribution < -0.4 is 0 Å². The third-order valence-corrected chi connectivity index (χ3v) is 6.91. The zero-order chi connectivity index (χ0) is 22.3. The molecule has 1 aliphatic rings. The first-order valence-corrected chi connectivity index (χ1v) is 12.3. The van der Waals surface area contributed by atoms with Crippen LogP contribution in [0.25, 0.3) is 10.8 Å². The lowest BCUT2D eigenvalue weighted by atomic mass is 10.0. The second-order valence-electron chi connectivity index (χ2n) is 7.76. The fraction of sp³-hybridized carbons (Fsp3) is 0.231. The Morgan fingerprint density at radius 3 is 2.56 bits per heavy atom. The van der Waals surface area contributed by atoms with Crippen molar-refractivity contribution in [2.75, 3.05) is 37.7 Å². The van der Waals surface area contributed by atoms with Crippen molar-refractivity contribution in [3.63, 3.8) is 0 Å². The Bertz CT molecular complexity index is 1120. The molecule has 3 aromatic rings. The zero-order valence-electron chi connectivity index (χ0n) is 17.9. The van der Waals surface area contributed by atoms with Gasteiger partial charge < -0.3 is 15.2 Å². The number of benzene rings is 3. The van der Waals surface area contributed by atoms with Crippen molar-refractivity contribution in [3.8, 4) is 0 Å². The molecule has 6 heteroatoms. The van der Waals surface area contributed by atoms with Crippen molar-refractivity contribution >= 4 is 46.8 Å². The van der Waals surface area contributed by atoms with Crippen LogP contribution in [0.15, 0.2) is 89.5 Å². The van der Waals surface area contributed by atoms with Crippen LogP contribution >= 0.6 is 24.4 Å². The summed E-state index contributed by atoms with van der Waals surface area (Å²) in [6, 6.07) is 24.3. The minimum absolute atomic E-state index is 0.0623. The number of rotatable bonds is 7. The number of hydrogen-bond acceptors (Lipinski definition) is 5. The van der Waals surface area contributed by atoms with Gasteiger partial charge in [0.05, 0.1) is 13.1 Å². The van der Waals surface area contributed by atoms with Crippen molar-refractivity contribution in [1.29, 1.82) is 5.41 Å². The van der Waals surface area contributed by atoms with Crippen LogP contribution in [0.4, 0.5) is 0 Å². The molecule has 164 valence electrons. The summed E-state index contributed by atoms with van der Waals surface area (Å²) < 4.78 is 0. The predicted octanol–water partition coefficient (Wildman–Crippen LogP) is 5.22. The van der Waals surface area contributed by atoms with Crippen molar-refractivity contribution in [1.82, 2.24) is 9.80 Å². The molecule has 1 aliphatic heterocycles. The quantitative estimate of drug-likeness (QED) is 0.288. The summed E-state index contributed by atoms with van der Waals surface area (Å²) in [5.74, 6) is 1.33. The number of nitrogens with zero attached hydrogens (tertiary/aromatic N) is 2. The Hall–Kier alpha value is -2.70. The molecular formula is C26H27N3OS2. The van der Waals surface area contributed by atoms with Gasteiger partial charge in [-0.3, -0.25) is 4.79 Å². The molecule has 1 heterocycles. The molecule has 1 saturated heterocycles. The minimum Gasteiger partial charge on any atom is -0.366 e. The number of thiol groups is 1. The molecule has 32 heavy (non-hydrogen) atoms. The minimum atomic E-state index is 0.0623. The van der Waals surface area contributed by atoms with Gasteiger partial charge in [0.25, 0.3) is 5.91 Å². The Kier molecular flexibility index (Phi) is 7.55. The van der Waals surface area contributed by atoms with Crippen LogP contribution in [0, 0.1) is 5.41 Å². The first-order valence-electron chi connectivity index (χ1n) is 10.7. The highest BCUT2D eigenvalue weighted by Crippen LogP contribution is 2.24. The van der Waals surface area contributed by atoms with E-state index in [0.717, 1.165) is 27.8 Å². The summed E-state index contributed by atoms with van der Waals surface area (Å²) in [5.41, 5.74) is 2.43. The number of hydrogen-bond donors (Lipinski definition) is 2. The second kappa shape index (κ2) is 10.7. The Balaban J connectivity index is 1.53. The molecular weight excluding hydrogens is 434 g/mol. The highest BCUT2D eigenvalue weighted by atomic mass is 32.2. The van der Waals surface area contributed by atoms with Gasteiger partial charge in [-0.2, -0.15) is 12.6 Å². The van der Waals surface area contributed by atoms with E-state index in [-0.39, 0.29) is 5.91 Å². The summed E-state index contributed by atoms with van der Waals surface area (Å²) in [4.78, 5) is 18.8. The van der Waals surface area contributed by atoms with Gasteiger partial charge in [-0.05, 0) is 29.0 Å². The molecule has 1 fully saturated rings. The summed E-state index contributed by atoms with van der Waals surface area (Å²) >= 11 is 6.03. The van der Waals surface area contributed by atoms with Gasteiger partial charge in [0, 0.05) is 46.5 Å². The maximum atomic E-state index is 13.5. The molecule has 0 bridgehead atoms. The number of fused-ring (bicyclic) bond motifs is 1. The van der Waals surface area contributed by atoms with Gasteiger partial charge in [-0.1, -0.05) is 60.7 Å². The Morgan fingerprint density at radius 1 is 1.00 bits per heavy atom. The van der Waals surface area contributed by atoms with Gasteiger partial charge in [-0.25, -0.2) is 0 Å². The van der Waals surface area contributed by atoms with E-state index in [9.17, 15) is 4.79 Å². The summed E-state index contributed by atoms with van der Waals surface area (Å²) in [6.45, 7) is 2.47. The van der Waals surface area contributed by atoms with Gasteiger partial charge in [0.1, 0.15) is 0 Å². The molecule has 0 radical (unpaired) electrons. The predicted molar refractivity (Wildman–Crippen MR) is 138 cm³/mol. The average molecular weight is 462 g/mol. The zero-order valence-corrected chi connectivity index (χ0v) is 19.6. The van der Waals surface area contributed by atoms with E-state index in [1.807, 2.05) is 65.6 Å². The van der Waals surface area contributed by atoms with Crippen LogP contribution in [0.3, 0.4) is 0 Å². The second-order valence-corrected chi connectivity index (χ2v) is 9.17. The first-order chi connectivity index (χ1) is 15.7. The van der Waals surface area contributed by atoms with Gasteiger partial charge in [0.15, 0.2) is 0 Å². The monoisotopic (exact) mass is 461 g/mol. The molecule has 1 amide bonds. The molecule has 0 spiro atoms. The van der Waals surface area contributed by atoms with E-state index in [4.69, 9.17) is 5.41 Å². The number of carbonyl (C=O) groups excluding carboxylic acids is 1. The van der Waals surface area contributed by atoms with Crippen molar-refractivity contribution in [2.45, 2.75) is 4.90 Å². The molecule has 0 saturated carbocycles. The Morgan fingerprint density at radius 2 is 1.75 bits per heavy atom. The normalized spacial score (nSPS) is 15.3. The van der Waals surface area contributed by atoms with Crippen LogP contribution in [0.5, 0.6) is 0 Å². The molecule has 0 aliphatic carbocycles. The number of piperazine rings is 1. The highest BCUT2D eigenvalue weighted by Gasteiger charge is 2.26. The van der Waals surface area contributed by atoms with E-state index < -0.39 is 0 Å². The third kappa shape index (κ3) is 5.37. The maximum absolute atomic E-state index is 13.5. The summed E-state index contributed by atoms with van der Waals surface area (Å²) in [5, 5.41) is 10.2. The van der Waals surface area contributed by atoms with E-state index in [1.54, 1.807) is 11.8 Å². The van der Waals surface area contributed by atoms with Crippen LogP contribution in [-0.2, 0) is 0 Å². The van der Waals surface area contributed by atoms with Crippen LogP contribution in [-0.4, -0.2) is 59.1 Å². The molecule has 4 rings (SSSR count). The van der Waals surface area contributed by atoms with E-state index in [2.05, 4.69) is 35.7 Å². The molecule has 4 nitrogen and oxygen atoms in total. The third-order valence-electron chi connectivity index (χ3n) is 5.59. The molecule has 0 unspecified atom stereocenters. The van der Waals surface area contributed by atoms with Gasteiger partial charge in [0.2, 0.25) is 0 Å². The number of amides is 1. The molecule has 1 N–H and O–H groups in total. The highest BCUT2D eigenvalue weighted by molar-refractivity contribution is 7.99. The van der Waals surface area contributed by atoms with Crippen molar-refractivity contribution in [2.24, 2.45) is 0 Å². The number of thioether (sulfide) groups is 1.